The fourth-order valence-corrected chi connectivity index (χ4v) is 2.24. The quantitative estimate of drug-likeness (QED) is 0.891. The molecule has 0 spiro atoms. The van der Waals surface area contributed by atoms with E-state index in [1.807, 2.05) is 19.9 Å². The zero-order valence-electron chi connectivity index (χ0n) is 11.2. The maximum Gasteiger partial charge on any atom is 0.141 e. The van der Waals surface area contributed by atoms with Crippen LogP contribution in [0.4, 0.5) is 4.39 Å². The largest absolute Gasteiger partial charge is 0.303 e. The van der Waals surface area contributed by atoms with Gasteiger partial charge in [-0.15, -0.1) is 0 Å². The number of pyridine rings is 1. The van der Waals surface area contributed by atoms with Crippen molar-refractivity contribution in [1.29, 1.82) is 0 Å². The Bertz CT molecular complexity index is 585. The van der Waals surface area contributed by atoms with Gasteiger partial charge in [-0.2, -0.15) is 0 Å². The van der Waals surface area contributed by atoms with Gasteiger partial charge in [0.05, 0.1) is 28.0 Å². The van der Waals surface area contributed by atoms with Crippen molar-refractivity contribution in [3.63, 3.8) is 0 Å². The topological polar surface area (TPSA) is 24.9 Å². The van der Waals surface area contributed by atoms with Gasteiger partial charge in [0.2, 0.25) is 0 Å². The Morgan fingerprint density at radius 1 is 1.10 bits per heavy atom. The van der Waals surface area contributed by atoms with Crippen LogP contribution in [0.3, 0.4) is 0 Å². The number of halogens is 3. The van der Waals surface area contributed by atoms with Crippen LogP contribution >= 0.6 is 23.2 Å². The molecule has 106 valence electrons. The minimum absolute atomic E-state index is 0.162. The summed E-state index contributed by atoms with van der Waals surface area (Å²) in [7, 11) is 0. The van der Waals surface area contributed by atoms with Gasteiger partial charge < -0.3 is 5.32 Å². The standard InChI is InChI=1S/C15H15Cl2FN2/c1-9(2)20-15(14-6-4-11(18)8-19-14)10-3-5-12(16)13(17)7-10/h3-9,15,20H,1-2H3. The Labute approximate surface area is 127 Å². The SMILES string of the molecule is CC(C)NC(c1ccc(Cl)c(Cl)c1)c1ccc(F)cn1. The number of aromatic nitrogens is 1. The molecular formula is C15H15Cl2FN2. The first-order valence-corrected chi connectivity index (χ1v) is 7.05. The van der Waals surface area contributed by atoms with Gasteiger partial charge in [0.25, 0.3) is 0 Å². The summed E-state index contributed by atoms with van der Waals surface area (Å²) in [6.07, 6.45) is 1.21. The van der Waals surface area contributed by atoms with E-state index in [0.29, 0.717) is 10.0 Å². The van der Waals surface area contributed by atoms with Gasteiger partial charge in [-0.05, 0) is 43.7 Å². The van der Waals surface area contributed by atoms with E-state index in [0.717, 1.165) is 11.3 Å². The minimum atomic E-state index is -0.355. The van der Waals surface area contributed by atoms with Gasteiger partial charge in [0.15, 0.2) is 0 Å². The van der Waals surface area contributed by atoms with Crippen molar-refractivity contribution in [3.8, 4) is 0 Å². The molecule has 0 amide bonds. The van der Waals surface area contributed by atoms with Crippen LogP contribution in [-0.4, -0.2) is 11.0 Å². The van der Waals surface area contributed by atoms with Crippen LogP contribution < -0.4 is 5.32 Å². The summed E-state index contributed by atoms with van der Waals surface area (Å²) in [5.74, 6) is -0.355. The number of hydrogen-bond acceptors (Lipinski definition) is 2. The third-order valence-electron chi connectivity index (χ3n) is 2.82. The van der Waals surface area contributed by atoms with E-state index in [-0.39, 0.29) is 17.9 Å². The lowest BCUT2D eigenvalue weighted by Gasteiger charge is -2.21. The Morgan fingerprint density at radius 2 is 1.85 bits per heavy atom. The molecule has 1 atom stereocenters. The Morgan fingerprint density at radius 3 is 2.40 bits per heavy atom. The van der Waals surface area contributed by atoms with Crippen molar-refractivity contribution < 1.29 is 4.39 Å². The molecule has 1 aromatic carbocycles. The number of rotatable bonds is 4. The number of nitrogens with zero attached hydrogens (tertiary/aromatic N) is 1. The first-order valence-electron chi connectivity index (χ1n) is 6.30. The Balaban J connectivity index is 2.41. The highest BCUT2D eigenvalue weighted by atomic mass is 35.5. The molecule has 0 fully saturated rings. The van der Waals surface area contributed by atoms with Crippen molar-refractivity contribution in [1.82, 2.24) is 10.3 Å². The number of nitrogens with one attached hydrogen (secondary N) is 1. The summed E-state index contributed by atoms with van der Waals surface area (Å²) >= 11 is 12.0. The van der Waals surface area contributed by atoms with Gasteiger partial charge >= 0.3 is 0 Å². The molecule has 1 heterocycles. The van der Waals surface area contributed by atoms with E-state index >= 15 is 0 Å². The molecule has 1 aromatic heterocycles. The van der Waals surface area contributed by atoms with E-state index in [2.05, 4.69) is 10.3 Å². The molecule has 0 aliphatic carbocycles. The van der Waals surface area contributed by atoms with Crippen LogP contribution in [0.25, 0.3) is 0 Å². The molecule has 0 aliphatic rings. The average Bonchev–Trinajstić information content (AvgIpc) is 2.40. The van der Waals surface area contributed by atoms with Crippen molar-refractivity contribution in [3.05, 3.63) is 63.6 Å². The smallest absolute Gasteiger partial charge is 0.141 e. The van der Waals surface area contributed by atoms with Crippen molar-refractivity contribution in [2.24, 2.45) is 0 Å². The third-order valence-corrected chi connectivity index (χ3v) is 3.56. The second kappa shape index (κ2) is 6.53. The minimum Gasteiger partial charge on any atom is -0.303 e. The number of benzene rings is 1. The van der Waals surface area contributed by atoms with Crippen molar-refractivity contribution >= 4 is 23.2 Å². The molecule has 1 N–H and O–H groups in total. The predicted molar refractivity (Wildman–Crippen MR) is 80.8 cm³/mol. The third kappa shape index (κ3) is 3.69. The summed E-state index contributed by atoms with van der Waals surface area (Å²) in [5, 5.41) is 4.39. The lowest BCUT2D eigenvalue weighted by atomic mass is 10.0. The van der Waals surface area contributed by atoms with Crippen LogP contribution in [0.15, 0.2) is 36.5 Å². The van der Waals surface area contributed by atoms with Gasteiger partial charge in [0.1, 0.15) is 5.82 Å². The van der Waals surface area contributed by atoms with Gasteiger partial charge in [0, 0.05) is 6.04 Å². The molecule has 0 bridgehead atoms. The monoisotopic (exact) mass is 312 g/mol. The number of hydrogen-bond donors (Lipinski definition) is 1. The van der Waals surface area contributed by atoms with Gasteiger partial charge in [-0.3, -0.25) is 4.98 Å². The van der Waals surface area contributed by atoms with Crippen LogP contribution in [0.2, 0.25) is 10.0 Å². The molecule has 2 nitrogen and oxygen atoms in total. The Kier molecular flexibility index (Phi) is 4.97. The molecule has 1 unspecified atom stereocenters. The lowest BCUT2D eigenvalue weighted by Crippen LogP contribution is -2.29. The summed E-state index contributed by atoms with van der Waals surface area (Å²) in [5.41, 5.74) is 1.67. The Hall–Kier alpha value is -1.16. The van der Waals surface area contributed by atoms with Crippen LogP contribution in [0, 0.1) is 5.82 Å². The fourth-order valence-electron chi connectivity index (χ4n) is 1.94. The van der Waals surface area contributed by atoms with Gasteiger partial charge in [-0.25, -0.2) is 4.39 Å². The summed E-state index contributed by atoms with van der Waals surface area (Å²) in [4.78, 5) is 4.15. The van der Waals surface area contributed by atoms with Crippen LogP contribution in [0.1, 0.15) is 31.1 Å². The first-order chi connectivity index (χ1) is 9.47. The highest BCUT2D eigenvalue weighted by molar-refractivity contribution is 6.42. The molecule has 0 radical (unpaired) electrons. The van der Waals surface area contributed by atoms with Crippen LogP contribution in [0.5, 0.6) is 0 Å². The normalized spacial score (nSPS) is 12.7. The zero-order valence-corrected chi connectivity index (χ0v) is 12.7. The molecule has 5 heteroatoms. The van der Waals surface area contributed by atoms with Gasteiger partial charge in [-0.1, -0.05) is 29.3 Å². The van der Waals surface area contributed by atoms with E-state index < -0.39 is 0 Å². The summed E-state index contributed by atoms with van der Waals surface area (Å²) < 4.78 is 13.0. The van der Waals surface area contributed by atoms with E-state index in [9.17, 15) is 4.39 Å². The molecule has 20 heavy (non-hydrogen) atoms. The molecule has 0 saturated heterocycles. The van der Waals surface area contributed by atoms with E-state index in [1.54, 1.807) is 18.2 Å². The summed E-state index contributed by atoms with van der Waals surface area (Å²) in [6.45, 7) is 4.07. The predicted octanol–water partition coefficient (Wildman–Crippen LogP) is 4.61. The van der Waals surface area contributed by atoms with Crippen LogP contribution in [-0.2, 0) is 0 Å². The average molecular weight is 313 g/mol. The van der Waals surface area contributed by atoms with Crippen molar-refractivity contribution in [2.45, 2.75) is 25.9 Å². The maximum absolute atomic E-state index is 13.0. The lowest BCUT2D eigenvalue weighted by molar-refractivity contribution is 0.517. The highest BCUT2D eigenvalue weighted by Gasteiger charge is 2.17. The molecule has 2 aromatic rings. The molecule has 2 rings (SSSR count). The first kappa shape index (κ1) is 15.2. The molecule has 0 aliphatic heterocycles. The fraction of sp³-hybridized carbons (Fsp3) is 0.267. The van der Waals surface area contributed by atoms with E-state index in [4.69, 9.17) is 23.2 Å². The highest BCUT2D eigenvalue weighted by Crippen LogP contribution is 2.28. The maximum atomic E-state index is 13.0. The summed E-state index contributed by atoms with van der Waals surface area (Å²) in [6, 6.07) is 8.57. The molecule has 0 saturated carbocycles. The molecular weight excluding hydrogens is 298 g/mol. The van der Waals surface area contributed by atoms with Crippen molar-refractivity contribution in [2.75, 3.05) is 0 Å². The zero-order chi connectivity index (χ0) is 14.7. The second-order valence-corrected chi connectivity index (χ2v) is 5.64. The second-order valence-electron chi connectivity index (χ2n) is 4.83. The van der Waals surface area contributed by atoms with E-state index in [1.165, 1.54) is 12.3 Å².